The largest absolute Gasteiger partial charge is 0.352 e. The van der Waals surface area contributed by atoms with Crippen LogP contribution in [0.1, 0.15) is 51.6 Å². The molecule has 1 aliphatic rings. The number of rotatable bonds is 5. The summed E-state index contributed by atoms with van der Waals surface area (Å²) in [5.41, 5.74) is 3.86. The normalized spacial score (nSPS) is 16.1. The topological polar surface area (TPSA) is 78.5 Å². The van der Waals surface area contributed by atoms with Gasteiger partial charge in [0.1, 0.15) is 0 Å². The Bertz CT molecular complexity index is 934. The number of hydrogen-bond donors (Lipinski definition) is 2. The van der Waals surface area contributed by atoms with Gasteiger partial charge in [0, 0.05) is 36.4 Å². The molecule has 158 valence electrons. The molecule has 6 nitrogen and oxygen atoms in total. The van der Waals surface area contributed by atoms with Gasteiger partial charge in [0.2, 0.25) is 5.91 Å². The molecule has 1 unspecified atom stereocenters. The van der Waals surface area contributed by atoms with Crippen LogP contribution in [0.5, 0.6) is 0 Å². The van der Waals surface area contributed by atoms with Gasteiger partial charge in [-0.15, -0.1) is 0 Å². The Kier molecular flexibility index (Phi) is 6.87. The van der Waals surface area contributed by atoms with Crippen LogP contribution in [0.25, 0.3) is 0 Å². The second-order valence-electron chi connectivity index (χ2n) is 7.90. The fourth-order valence-corrected chi connectivity index (χ4v) is 3.90. The Balaban J connectivity index is 1.66. The summed E-state index contributed by atoms with van der Waals surface area (Å²) in [4.78, 5) is 39.6. The molecule has 1 fully saturated rings. The predicted octanol–water partition coefficient (Wildman–Crippen LogP) is 3.54. The van der Waals surface area contributed by atoms with Crippen molar-refractivity contribution in [3.05, 3.63) is 64.7 Å². The molecule has 1 atom stereocenters. The van der Waals surface area contributed by atoms with Gasteiger partial charge in [0.05, 0.1) is 5.92 Å². The number of nitrogens with zero attached hydrogens (tertiary/aromatic N) is 1. The van der Waals surface area contributed by atoms with Crippen molar-refractivity contribution in [2.75, 3.05) is 25.0 Å². The second-order valence-corrected chi connectivity index (χ2v) is 7.90. The van der Waals surface area contributed by atoms with E-state index in [0.29, 0.717) is 36.4 Å². The SMILES string of the molecule is CCNC(=O)c1cccc(NC(=O)C2CCCN(C(=O)c3cc(C)cc(C)c3)C2)c1. The van der Waals surface area contributed by atoms with E-state index in [1.54, 1.807) is 29.2 Å². The highest BCUT2D eigenvalue weighted by molar-refractivity contribution is 5.98. The number of anilines is 1. The smallest absolute Gasteiger partial charge is 0.253 e. The van der Waals surface area contributed by atoms with Gasteiger partial charge in [-0.05, 0) is 63.9 Å². The summed E-state index contributed by atoms with van der Waals surface area (Å²) < 4.78 is 0. The van der Waals surface area contributed by atoms with E-state index in [1.807, 2.05) is 39.0 Å². The first-order valence-electron chi connectivity index (χ1n) is 10.4. The Hall–Kier alpha value is -3.15. The first-order chi connectivity index (χ1) is 14.4. The molecule has 2 aromatic carbocycles. The molecule has 3 amide bonds. The molecule has 2 aromatic rings. The zero-order chi connectivity index (χ0) is 21.7. The van der Waals surface area contributed by atoms with Gasteiger partial charge in [-0.1, -0.05) is 23.3 Å². The van der Waals surface area contributed by atoms with Crippen molar-refractivity contribution in [3.63, 3.8) is 0 Å². The van der Waals surface area contributed by atoms with Crippen LogP contribution >= 0.6 is 0 Å². The molecular weight excluding hydrogens is 378 g/mol. The first-order valence-corrected chi connectivity index (χ1v) is 10.4. The average molecular weight is 408 g/mol. The molecule has 0 aliphatic carbocycles. The molecule has 30 heavy (non-hydrogen) atoms. The molecule has 0 radical (unpaired) electrons. The zero-order valence-corrected chi connectivity index (χ0v) is 17.8. The molecule has 2 N–H and O–H groups in total. The van der Waals surface area contributed by atoms with E-state index in [4.69, 9.17) is 0 Å². The quantitative estimate of drug-likeness (QED) is 0.796. The van der Waals surface area contributed by atoms with Crippen LogP contribution in [0.4, 0.5) is 5.69 Å². The number of aryl methyl sites for hydroxylation is 2. The molecular formula is C24H29N3O3. The number of likely N-dealkylation sites (tertiary alicyclic amines) is 1. The van der Waals surface area contributed by atoms with Crippen LogP contribution in [0.2, 0.25) is 0 Å². The number of hydrogen-bond acceptors (Lipinski definition) is 3. The van der Waals surface area contributed by atoms with Crippen molar-refractivity contribution in [1.82, 2.24) is 10.2 Å². The van der Waals surface area contributed by atoms with Crippen LogP contribution < -0.4 is 10.6 Å². The monoisotopic (exact) mass is 407 g/mol. The van der Waals surface area contributed by atoms with Crippen molar-refractivity contribution >= 4 is 23.4 Å². The van der Waals surface area contributed by atoms with E-state index in [2.05, 4.69) is 10.6 Å². The maximum absolute atomic E-state index is 13.0. The molecule has 1 saturated heterocycles. The maximum atomic E-state index is 13.0. The van der Waals surface area contributed by atoms with Crippen LogP contribution in [0, 0.1) is 19.8 Å². The fourth-order valence-electron chi connectivity index (χ4n) is 3.90. The van der Waals surface area contributed by atoms with Crippen LogP contribution in [-0.4, -0.2) is 42.3 Å². The van der Waals surface area contributed by atoms with Crippen molar-refractivity contribution in [2.24, 2.45) is 5.92 Å². The van der Waals surface area contributed by atoms with Crippen molar-refractivity contribution in [3.8, 4) is 0 Å². The molecule has 0 spiro atoms. The number of nitrogens with one attached hydrogen (secondary N) is 2. The molecule has 1 aliphatic heterocycles. The minimum Gasteiger partial charge on any atom is -0.352 e. The van der Waals surface area contributed by atoms with E-state index in [0.717, 1.165) is 24.0 Å². The van der Waals surface area contributed by atoms with Gasteiger partial charge < -0.3 is 15.5 Å². The molecule has 0 bridgehead atoms. The van der Waals surface area contributed by atoms with Crippen molar-refractivity contribution < 1.29 is 14.4 Å². The minimum atomic E-state index is -0.276. The molecule has 3 rings (SSSR count). The zero-order valence-electron chi connectivity index (χ0n) is 17.8. The molecule has 0 saturated carbocycles. The third-order valence-electron chi connectivity index (χ3n) is 5.28. The van der Waals surface area contributed by atoms with E-state index in [1.165, 1.54) is 0 Å². The Morgan fingerprint density at radius 1 is 1.03 bits per heavy atom. The van der Waals surface area contributed by atoms with E-state index in [-0.39, 0.29) is 23.6 Å². The third-order valence-corrected chi connectivity index (χ3v) is 5.28. The lowest BCUT2D eigenvalue weighted by molar-refractivity contribution is -0.121. The van der Waals surface area contributed by atoms with Crippen LogP contribution in [-0.2, 0) is 4.79 Å². The van der Waals surface area contributed by atoms with Gasteiger partial charge in [-0.2, -0.15) is 0 Å². The van der Waals surface area contributed by atoms with Gasteiger partial charge >= 0.3 is 0 Å². The second kappa shape index (κ2) is 9.57. The molecule has 0 aromatic heterocycles. The summed E-state index contributed by atoms with van der Waals surface area (Å²) in [5.74, 6) is -0.600. The lowest BCUT2D eigenvalue weighted by Crippen LogP contribution is -2.43. The lowest BCUT2D eigenvalue weighted by atomic mass is 9.96. The first kappa shape index (κ1) is 21.6. The predicted molar refractivity (Wildman–Crippen MR) is 118 cm³/mol. The minimum absolute atomic E-state index is 0.0301. The number of carbonyl (C=O) groups is 3. The van der Waals surface area contributed by atoms with Gasteiger partial charge in [0.15, 0.2) is 0 Å². The number of carbonyl (C=O) groups excluding carboxylic acids is 3. The highest BCUT2D eigenvalue weighted by Gasteiger charge is 2.29. The van der Waals surface area contributed by atoms with Crippen molar-refractivity contribution in [1.29, 1.82) is 0 Å². The summed E-state index contributed by atoms with van der Waals surface area (Å²) in [7, 11) is 0. The van der Waals surface area contributed by atoms with Gasteiger partial charge in [-0.25, -0.2) is 0 Å². The van der Waals surface area contributed by atoms with Gasteiger partial charge in [0.25, 0.3) is 11.8 Å². The Labute approximate surface area is 177 Å². The van der Waals surface area contributed by atoms with E-state index < -0.39 is 0 Å². The Morgan fingerprint density at radius 3 is 2.47 bits per heavy atom. The fraction of sp³-hybridized carbons (Fsp3) is 0.375. The molecule has 1 heterocycles. The Morgan fingerprint density at radius 2 is 1.77 bits per heavy atom. The number of benzene rings is 2. The summed E-state index contributed by atoms with van der Waals surface area (Å²) in [6.07, 6.45) is 1.52. The maximum Gasteiger partial charge on any atom is 0.253 e. The average Bonchev–Trinajstić information content (AvgIpc) is 2.73. The van der Waals surface area contributed by atoms with Crippen LogP contribution in [0.3, 0.4) is 0 Å². The standard InChI is InChI=1S/C24H29N3O3/c1-4-25-22(28)18-7-5-9-21(14-18)26-23(29)19-8-6-10-27(15-19)24(30)20-12-16(2)11-17(3)13-20/h5,7,9,11-14,19H,4,6,8,10,15H2,1-3H3,(H,25,28)(H,26,29). The third kappa shape index (κ3) is 5.26. The summed E-state index contributed by atoms with van der Waals surface area (Å²) in [5, 5.41) is 5.66. The van der Waals surface area contributed by atoms with Crippen LogP contribution in [0.15, 0.2) is 42.5 Å². The van der Waals surface area contributed by atoms with E-state index in [9.17, 15) is 14.4 Å². The molecule has 6 heteroatoms. The summed E-state index contributed by atoms with van der Waals surface area (Å²) in [6.45, 7) is 7.41. The summed E-state index contributed by atoms with van der Waals surface area (Å²) in [6, 6.07) is 12.7. The highest BCUT2D eigenvalue weighted by Crippen LogP contribution is 2.22. The van der Waals surface area contributed by atoms with Crippen molar-refractivity contribution in [2.45, 2.75) is 33.6 Å². The lowest BCUT2D eigenvalue weighted by Gasteiger charge is -2.32. The number of piperidine rings is 1. The van der Waals surface area contributed by atoms with E-state index >= 15 is 0 Å². The highest BCUT2D eigenvalue weighted by atomic mass is 16.2. The van der Waals surface area contributed by atoms with Gasteiger partial charge in [-0.3, -0.25) is 14.4 Å². The summed E-state index contributed by atoms with van der Waals surface area (Å²) >= 11 is 0. The number of amides is 3.